The molecule has 0 aliphatic rings. The highest BCUT2D eigenvalue weighted by Crippen LogP contribution is 2.29. The average molecular weight is 324 g/mol. The molecule has 21 heavy (non-hydrogen) atoms. The summed E-state index contributed by atoms with van der Waals surface area (Å²) in [6.07, 6.45) is 0. The number of hydrogen-bond acceptors (Lipinski definition) is 5. The first-order valence-corrected chi connectivity index (χ1v) is 7.95. The molecule has 9 heteroatoms. The number of primary sulfonamides is 1. The number of nitrogens with one attached hydrogen (secondary N) is 1. The minimum atomic E-state index is -3.51. The molecule has 6 nitrogen and oxygen atoms in total. The molecule has 0 bridgehead atoms. The summed E-state index contributed by atoms with van der Waals surface area (Å²) in [5, 5.41) is 7.75. The van der Waals surface area contributed by atoms with E-state index in [0.29, 0.717) is 13.2 Å². The molecule has 0 saturated carbocycles. The Morgan fingerprint density at radius 1 is 1.33 bits per heavy atom. The van der Waals surface area contributed by atoms with Crippen molar-refractivity contribution in [1.82, 2.24) is 5.32 Å². The first-order chi connectivity index (χ1) is 9.81. The molecule has 0 aromatic heterocycles. The molecule has 0 amide bonds. The van der Waals surface area contributed by atoms with Crippen LogP contribution in [0.1, 0.15) is 12.5 Å². The van der Waals surface area contributed by atoms with Crippen LogP contribution in [0.3, 0.4) is 0 Å². The van der Waals surface area contributed by atoms with Gasteiger partial charge < -0.3 is 14.8 Å². The van der Waals surface area contributed by atoms with E-state index in [-0.39, 0.29) is 23.8 Å². The lowest BCUT2D eigenvalue weighted by Crippen LogP contribution is -2.26. The molecular formula is C12H18F2N2O4S. The van der Waals surface area contributed by atoms with Crippen molar-refractivity contribution < 1.29 is 26.7 Å². The van der Waals surface area contributed by atoms with Gasteiger partial charge in [-0.1, -0.05) is 6.07 Å². The van der Waals surface area contributed by atoms with Gasteiger partial charge in [0.15, 0.2) is 11.5 Å². The number of hydrogen-bond donors (Lipinski definition) is 2. The standard InChI is InChI=1S/C12H18F2N2O4S/c1-2-19-11-7-9(3-4-10(11)20-12(13)14)8-16-5-6-21(15,17)18/h3-4,7,12,16H,2,5-6,8H2,1H3,(H2,15,17,18). The van der Waals surface area contributed by atoms with E-state index >= 15 is 0 Å². The number of nitrogens with two attached hydrogens (primary N) is 1. The third kappa shape index (κ3) is 7.21. The van der Waals surface area contributed by atoms with E-state index in [0.717, 1.165) is 5.56 Å². The topological polar surface area (TPSA) is 90.6 Å². The molecule has 0 aliphatic heterocycles. The zero-order chi connectivity index (χ0) is 15.9. The summed E-state index contributed by atoms with van der Waals surface area (Å²) in [6.45, 7) is -0.351. The third-order valence-corrected chi connectivity index (χ3v) is 3.19. The van der Waals surface area contributed by atoms with Gasteiger partial charge in [-0.15, -0.1) is 0 Å². The van der Waals surface area contributed by atoms with Crippen LogP contribution in [0.2, 0.25) is 0 Å². The number of sulfonamides is 1. The van der Waals surface area contributed by atoms with Crippen LogP contribution in [-0.2, 0) is 16.6 Å². The van der Waals surface area contributed by atoms with Gasteiger partial charge in [-0.25, -0.2) is 13.6 Å². The molecule has 0 radical (unpaired) electrons. The predicted molar refractivity (Wildman–Crippen MR) is 73.9 cm³/mol. The van der Waals surface area contributed by atoms with E-state index in [2.05, 4.69) is 10.1 Å². The number of ether oxygens (including phenoxy) is 2. The Labute approximate surface area is 122 Å². The Hall–Kier alpha value is -1.45. The number of benzene rings is 1. The minimum Gasteiger partial charge on any atom is -0.490 e. The molecule has 0 aliphatic carbocycles. The largest absolute Gasteiger partial charge is 0.490 e. The lowest BCUT2D eigenvalue weighted by Gasteiger charge is -2.13. The minimum absolute atomic E-state index is 0.0415. The molecule has 3 N–H and O–H groups in total. The molecule has 0 unspecified atom stereocenters. The van der Waals surface area contributed by atoms with Gasteiger partial charge in [0.05, 0.1) is 12.4 Å². The lowest BCUT2D eigenvalue weighted by molar-refractivity contribution is -0.0514. The second-order valence-electron chi connectivity index (χ2n) is 4.14. The van der Waals surface area contributed by atoms with E-state index in [1.54, 1.807) is 19.1 Å². The Bertz CT molecular complexity index is 552. The summed E-state index contributed by atoms with van der Waals surface area (Å²) >= 11 is 0. The van der Waals surface area contributed by atoms with Crippen molar-refractivity contribution in [3.05, 3.63) is 23.8 Å². The van der Waals surface area contributed by atoms with Crippen molar-refractivity contribution in [3.63, 3.8) is 0 Å². The maximum Gasteiger partial charge on any atom is 0.387 e. The van der Waals surface area contributed by atoms with Crippen molar-refractivity contribution in [1.29, 1.82) is 0 Å². The van der Waals surface area contributed by atoms with Gasteiger partial charge in [-0.2, -0.15) is 8.78 Å². The zero-order valence-electron chi connectivity index (χ0n) is 11.5. The maximum atomic E-state index is 12.2. The zero-order valence-corrected chi connectivity index (χ0v) is 12.3. The molecule has 1 aromatic rings. The van der Waals surface area contributed by atoms with Crippen LogP contribution in [0.25, 0.3) is 0 Å². The van der Waals surface area contributed by atoms with Crippen molar-refractivity contribution in [3.8, 4) is 11.5 Å². The van der Waals surface area contributed by atoms with Gasteiger partial charge in [0.25, 0.3) is 0 Å². The summed E-state index contributed by atoms with van der Waals surface area (Å²) in [4.78, 5) is 0. The molecule has 120 valence electrons. The molecule has 1 aromatic carbocycles. The molecule has 1 rings (SSSR count). The SMILES string of the molecule is CCOc1cc(CNCCS(N)(=O)=O)ccc1OC(F)F. The van der Waals surface area contributed by atoms with Gasteiger partial charge in [0.2, 0.25) is 10.0 Å². The van der Waals surface area contributed by atoms with E-state index < -0.39 is 16.6 Å². The smallest absolute Gasteiger partial charge is 0.387 e. The normalized spacial score (nSPS) is 11.7. The monoisotopic (exact) mass is 324 g/mol. The molecule has 0 spiro atoms. The summed E-state index contributed by atoms with van der Waals surface area (Å²) in [7, 11) is -3.51. The van der Waals surface area contributed by atoms with Crippen LogP contribution in [-0.4, -0.2) is 33.9 Å². The second-order valence-corrected chi connectivity index (χ2v) is 5.87. The fraction of sp³-hybridized carbons (Fsp3) is 0.500. The maximum absolute atomic E-state index is 12.2. The first kappa shape index (κ1) is 17.6. The Morgan fingerprint density at radius 3 is 2.62 bits per heavy atom. The van der Waals surface area contributed by atoms with E-state index in [1.165, 1.54) is 6.07 Å². The Morgan fingerprint density at radius 2 is 2.05 bits per heavy atom. The highest BCUT2D eigenvalue weighted by molar-refractivity contribution is 7.89. The fourth-order valence-electron chi connectivity index (χ4n) is 1.57. The van der Waals surface area contributed by atoms with E-state index in [1.807, 2.05) is 0 Å². The van der Waals surface area contributed by atoms with Crippen LogP contribution < -0.4 is 19.9 Å². The lowest BCUT2D eigenvalue weighted by atomic mass is 10.2. The number of halogens is 2. The Balaban J connectivity index is 2.65. The van der Waals surface area contributed by atoms with Crippen LogP contribution in [0.5, 0.6) is 11.5 Å². The summed E-state index contributed by atoms with van der Waals surface area (Å²) in [5.41, 5.74) is 0.745. The molecule has 0 heterocycles. The van der Waals surface area contributed by atoms with E-state index in [9.17, 15) is 17.2 Å². The van der Waals surface area contributed by atoms with Crippen molar-refractivity contribution in [2.24, 2.45) is 5.14 Å². The van der Waals surface area contributed by atoms with Gasteiger partial charge in [-0.05, 0) is 24.6 Å². The van der Waals surface area contributed by atoms with Crippen molar-refractivity contribution >= 4 is 10.0 Å². The summed E-state index contributed by atoms with van der Waals surface area (Å²) < 4.78 is 55.6. The number of alkyl halides is 2. The first-order valence-electron chi connectivity index (χ1n) is 6.23. The third-order valence-electron chi connectivity index (χ3n) is 2.42. The highest BCUT2D eigenvalue weighted by Gasteiger charge is 2.11. The second kappa shape index (κ2) is 8.11. The molecule has 0 atom stereocenters. The van der Waals surface area contributed by atoms with Crippen LogP contribution in [0.4, 0.5) is 8.78 Å². The van der Waals surface area contributed by atoms with E-state index in [4.69, 9.17) is 9.88 Å². The van der Waals surface area contributed by atoms with Crippen LogP contribution in [0.15, 0.2) is 18.2 Å². The molecular weight excluding hydrogens is 306 g/mol. The highest BCUT2D eigenvalue weighted by atomic mass is 32.2. The summed E-state index contributed by atoms with van der Waals surface area (Å²) in [6, 6.07) is 4.53. The number of rotatable bonds is 9. The van der Waals surface area contributed by atoms with Gasteiger partial charge in [0, 0.05) is 13.1 Å². The van der Waals surface area contributed by atoms with Gasteiger partial charge in [0.1, 0.15) is 0 Å². The molecule has 0 saturated heterocycles. The fourth-order valence-corrected chi connectivity index (χ4v) is 2.00. The van der Waals surface area contributed by atoms with Gasteiger partial charge >= 0.3 is 6.61 Å². The van der Waals surface area contributed by atoms with Gasteiger partial charge in [-0.3, -0.25) is 0 Å². The van der Waals surface area contributed by atoms with Crippen molar-refractivity contribution in [2.75, 3.05) is 18.9 Å². The van der Waals surface area contributed by atoms with Crippen molar-refractivity contribution in [2.45, 2.75) is 20.1 Å². The average Bonchev–Trinajstić information content (AvgIpc) is 2.36. The van der Waals surface area contributed by atoms with Crippen LogP contribution >= 0.6 is 0 Å². The quantitative estimate of drug-likeness (QED) is 0.663. The summed E-state index contributed by atoms with van der Waals surface area (Å²) in [5.74, 6) is -0.0126. The molecule has 0 fully saturated rings. The predicted octanol–water partition coefficient (Wildman–Crippen LogP) is 1.06. The van der Waals surface area contributed by atoms with Crippen LogP contribution in [0, 0.1) is 0 Å². The Kier molecular flexibility index (Phi) is 6.79.